The fourth-order valence-corrected chi connectivity index (χ4v) is 3.53. The van der Waals surface area contributed by atoms with Gasteiger partial charge in [0.15, 0.2) is 0 Å². The van der Waals surface area contributed by atoms with Crippen LogP contribution in [-0.2, 0) is 18.3 Å². The highest BCUT2D eigenvalue weighted by Crippen LogP contribution is 2.27. The lowest BCUT2D eigenvalue weighted by atomic mass is 9.90. The molecule has 0 radical (unpaired) electrons. The molecule has 1 fully saturated rings. The number of benzene rings is 1. The van der Waals surface area contributed by atoms with E-state index in [1.54, 1.807) is 16.8 Å². The van der Waals surface area contributed by atoms with E-state index in [4.69, 9.17) is 0 Å². The van der Waals surface area contributed by atoms with E-state index < -0.39 is 0 Å². The molecule has 1 aromatic heterocycles. The highest BCUT2D eigenvalue weighted by Gasteiger charge is 2.34. The van der Waals surface area contributed by atoms with E-state index in [0.29, 0.717) is 25.1 Å². The van der Waals surface area contributed by atoms with Crippen LogP contribution in [-0.4, -0.2) is 35.3 Å². The summed E-state index contributed by atoms with van der Waals surface area (Å²) in [6.07, 6.45) is 4.23. The van der Waals surface area contributed by atoms with E-state index in [1.807, 2.05) is 19.4 Å². The summed E-state index contributed by atoms with van der Waals surface area (Å²) < 4.78 is 16.3. The van der Waals surface area contributed by atoms with Crippen LogP contribution in [0.5, 0.6) is 0 Å². The summed E-state index contributed by atoms with van der Waals surface area (Å²) in [5, 5.41) is 10.4. The Balaban J connectivity index is 0.00000225. The second kappa shape index (κ2) is 8.78. The molecule has 1 aliphatic rings. The van der Waals surface area contributed by atoms with Crippen LogP contribution >= 0.6 is 28.3 Å². The molecular formula is C17H21BrClFN4O. The van der Waals surface area contributed by atoms with Gasteiger partial charge in [0.05, 0.1) is 12.1 Å². The number of halogens is 3. The van der Waals surface area contributed by atoms with Crippen molar-refractivity contribution in [3.8, 4) is 0 Å². The third-order valence-electron chi connectivity index (χ3n) is 4.41. The first-order chi connectivity index (χ1) is 11.5. The number of aryl methyl sites for hydroxylation is 1. The number of amides is 1. The maximum absolute atomic E-state index is 13.7. The van der Waals surface area contributed by atoms with E-state index in [9.17, 15) is 9.18 Å². The Bertz CT molecular complexity index is 739. The van der Waals surface area contributed by atoms with Crippen LogP contribution in [0.1, 0.15) is 17.0 Å². The van der Waals surface area contributed by atoms with Gasteiger partial charge in [-0.15, -0.1) is 12.4 Å². The fraction of sp³-hybridized carbons (Fsp3) is 0.412. The predicted molar refractivity (Wildman–Crippen MR) is 100 cm³/mol. The fourth-order valence-electron chi connectivity index (χ4n) is 3.12. The lowest BCUT2D eigenvalue weighted by molar-refractivity contribution is -0.124. The summed E-state index contributed by atoms with van der Waals surface area (Å²) in [5.41, 5.74) is 1.67. The largest absolute Gasteiger partial charge is 0.355 e. The molecular weight excluding hydrogens is 411 g/mol. The zero-order valence-electron chi connectivity index (χ0n) is 13.8. The predicted octanol–water partition coefficient (Wildman–Crippen LogP) is 2.41. The normalized spacial score (nSPS) is 19.5. The Hall–Kier alpha value is -1.44. The van der Waals surface area contributed by atoms with Crippen molar-refractivity contribution in [3.63, 3.8) is 0 Å². The second-order valence-electron chi connectivity index (χ2n) is 6.10. The van der Waals surface area contributed by atoms with E-state index in [2.05, 4.69) is 31.7 Å². The number of carbonyl (C=O) groups is 1. The summed E-state index contributed by atoms with van der Waals surface area (Å²) >= 11 is 3.34. The smallest absolute Gasteiger partial charge is 0.225 e. The number of aromatic nitrogens is 2. The van der Waals surface area contributed by atoms with Gasteiger partial charge in [-0.2, -0.15) is 5.10 Å². The summed E-state index contributed by atoms with van der Waals surface area (Å²) in [4.78, 5) is 12.5. The molecule has 1 aromatic carbocycles. The quantitative estimate of drug-likeness (QED) is 0.764. The van der Waals surface area contributed by atoms with Gasteiger partial charge in [-0.25, -0.2) is 4.39 Å². The van der Waals surface area contributed by atoms with Crippen LogP contribution in [0, 0.1) is 11.7 Å². The SMILES string of the molecule is Cl.Cn1cc([C@H]2CNC[C@@H]2C(=O)NCCc2cc(Br)ccc2F)cn1. The Morgan fingerprint density at radius 3 is 3.00 bits per heavy atom. The first-order valence-electron chi connectivity index (χ1n) is 7.95. The Labute approximate surface area is 160 Å². The number of carbonyl (C=O) groups excluding carboxylic acids is 1. The molecule has 0 spiro atoms. The lowest BCUT2D eigenvalue weighted by Gasteiger charge is -2.17. The van der Waals surface area contributed by atoms with Crippen molar-refractivity contribution in [2.45, 2.75) is 12.3 Å². The lowest BCUT2D eigenvalue weighted by Crippen LogP contribution is -2.35. The van der Waals surface area contributed by atoms with Gasteiger partial charge in [0.25, 0.3) is 0 Å². The molecule has 2 aromatic rings. The van der Waals surface area contributed by atoms with Crippen LogP contribution in [0.25, 0.3) is 0 Å². The molecule has 25 heavy (non-hydrogen) atoms. The standard InChI is InChI=1S/C17H20BrFN4O.ClH/c1-23-10-12(7-22-23)14-8-20-9-15(14)17(24)21-5-4-11-6-13(18)2-3-16(11)19;/h2-3,6-7,10,14-15,20H,4-5,8-9H2,1H3,(H,21,24);1H/t14-,15+;/m1./s1. The maximum Gasteiger partial charge on any atom is 0.225 e. The molecule has 2 N–H and O–H groups in total. The minimum atomic E-state index is -0.247. The number of nitrogens with zero attached hydrogens (tertiary/aromatic N) is 2. The van der Waals surface area contributed by atoms with Gasteiger partial charge < -0.3 is 10.6 Å². The average molecular weight is 432 g/mol. The van der Waals surface area contributed by atoms with Crippen molar-refractivity contribution < 1.29 is 9.18 Å². The molecule has 1 aliphatic heterocycles. The van der Waals surface area contributed by atoms with Gasteiger partial charge in [-0.3, -0.25) is 9.48 Å². The summed E-state index contributed by atoms with van der Waals surface area (Å²) in [5.74, 6) is -0.240. The molecule has 0 bridgehead atoms. The highest BCUT2D eigenvalue weighted by molar-refractivity contribution is 9.10. The Morgan fingerprint density at radius 2 is 2.28 bits per heavy atom. The number of hydrogen-bond acceptors (Lipinski definition) is 3. The molecule has 5 nitrogen and oxygen atoms in total. The molecule has 3 rings (SSSR count). The number of nitrogens with one attached hydrogen (secondary N) is 2. The summed E-state index contributed by atoms with van der Waals surface area (Å²) in [7, 11) is 1.87. The third kappa shape index (κ3) is 4.80. The highest BCUT2D eigenvalue weighted by atomic mass is 79.9. The molecule has 1 saturated heterocycles. The first kappa shape index (κ1) is 19.9. The van der Waals surface area contributed by atoms with Gasteiger partial charge in [0.2, 0.25) is 5.91 Å². The van der Waals surface area contributed by atoms with E-state index >= 15 is 0 Å². The van der Waals surface area contributed by atoms with E-state index in [0.717, 1.165) is 16.6 Å². The van der Waals surface area contributed by atoms with Crippen molar-refractivity contribution in [2.75, 3.05) is 19.6 Å². The van der Waals surface area contributed by atoms with E-state index in [1.165, 1.54) is 6.07 Å². The maximum atomic E-state index is 13.7. The molecule has 136 valence electrons. The van der Waals surface area contributed by atoms with Crippen LogP contribution in [0.4, 0.5) is 4.39 Å². The number of hydrogen-bond donors (Lipinski definition) is 2. The minimum Gasteiger partial charge on any atom is -0.355 e. The summed E-state index contributed by atoms with van der Waals surface area (Å²) in [6.45, 7) is 1.84. The van der Waals surface area contributed by atoms with E-state index in [-0.39, 0.29) is 36.0 Å². The van der Waals surface area contributed by atoms with Crippen LogP contribution < -0.4 is 10.6 Å². The van der Waals surface area contributed by atoms with Crippen molar-refractivity contribution in [1.82, 2.24) is 20.4 Å². The van der Waals surface area contributed by atoms with Crippen molar-refractivity contribution >= 4 is 34.2 Å². The molecule has 0 saturated carbocycles. The van der Waals surface area contributed by atoms with Gasteiger partial charge in [-0.1, -0.05) is 15.9 Å². The molecule has 1 amide bonds. The van der Waals surface area contributed by atoms with Crippen LogP contribution in [0.3, 0.4) is 0 Å². The Kier molecular flexibility index (Phi) is 6.98. The molecule has 0 unspecified atom stereocenters. The summed E-state index contributed by atoms with van der Waals surface area (Å²) in [6, 6.07) is 4.84. The second-order valence-corrected chi connectivity index (χ2v) is 7.01. The van der Waals surface area contributed by atoms with Crippen LogP contribution in [0.15, 0.2) is 35.1 Å². The van der Waals surface area contributed by atoms with Gasteiger partial charge in [0, 0.05) is 43.3 Å². The zero-order chi connectivity index (χ0) is 17.1. The molecule has 2 heterocycles. The topological polar surface area (TPSA) is 59.0 Å². The van der Waals surface area contributed by atoms with Gasteiger partial charge in [0.1, 0.15) is 5.82 Å². The third-order valence-corrected chi connectivity index (χ3v) is 4.90. The average Bonchev–Trinajstić information content (AvgIpc) is 3.19. The number of rotatable bonds is 5. The molecule has 0 aliphatic carbocycles. The zero-order valence-corrected chi connectivity index (χ0v) is 16.2. The molecule has 8 heteroatoms. The van der Waals surface area contributed by atoms with Crippen molar-refractivity contribution in [3.05, 3.63) is 52.0 Å². The van der Waals surface area contributed by atoms with Crippen molar-refractivity contribution in [1.29, 1.82) is 0 Å². The van der Waals surface area contributed by atoms with Gasteiger partial charge in [-0.05, 0) is 35.7 Å². The monoisotopic (exact) mass is 430 g/mol. The van der Waals surface area contributed by atoms with Gasteiger partial charge >= 0.3 is 0 Å². The Morgan fingerprint density at radius 1 is 1.48 bits per heavy atom. The minimum absolute atomic E-state index is 0. The molecule has 2 atom stereocenters. The van der Waals surface area contributed by atoms with Crippen molar-refractivity contribution in [2.24, 2.45) is 13.0 Å². The van der Waals surface area contributed by atoms with Crippen LogP contribution in [0.2, 0.25) is 0 Å². The first-order valence-corrected chi connectivity index (χ1v) is 8.75.